The number of fused-ring (bicyclic) bond motifs is 1. The van der Waals surface area contributed by atoms with Gasteiger partial charge in [0.2, 0.25) is 12.7 Å². The van der Waals surface area contributed by atoms with Crippen LogP contribution in [-0.4, -0.2) is 26.5 Å². The van der Waals surface area contributed by atoms with Gasteiger partial charge in [-0.1, -0.05) is 6.07 Å². The van der Waals surface area contributed by atoms with Crippen LogP contribution in [0.4, 0.5) is 0 Å². The Morgan fingerprint density at radius 2 is 1.84 bits per heavy atom. The predicted octanol–water partition coefficient (Wildman–Crippen LogP) is 2.90. The number of rotatable bonds is 4. The molecule has 0 saturated heterocycles. The summed E-state index contributed by atoms with van der Waals surface area (Å²) in [6, 6.07) is 9.54. The Bertz CT molecular complexity index is 936. The van der Waals surface area contributed by atoms with Crippen molar-refractivity contribution in [3.05, 3.63) is 53.0 Å². The lowest BCUT2D eigenvalue weighted by Crippen LogP contribution is -2.08. The maximum Gasteiger partial charge on any atom is 0.254 e. The van der Waals surface area contributed by atoms with E-state index >= 15 is 0 Å². The van der Waals surface area contributed by atoms with Gasteiger partial charge in [0.05, 0.1) is 5.69 Å². The smallest absolute Gasteiger partial charge is 0.254 e. The number of nitrogens with zero attached hydrogens (tertiary/aromatic N) is 4. The number of aromatic nitrogens is 4. The van der Waals surface area contributed by atoms with Gasteiger partial charge in [-0.2, -0.15) is 10.1 Å². The first-order chi connectivity index (χ1) is 12.1. The molecule has 0 amide bonds. The van der Waals surface area contributed by atoms with E-state index in [2.05, 4.69) is 15.1 Å². The molecule has 2 aromatic heterocycles. The van der Waals surface area contributed by atoms with Gasteiger partial charge >= 0.3 is 0 Å². The van der Waals surface area contributed by atoms with Crippen LogP contribution in [-0.2, 0) is 6.61 Å². The highest BCUT2D eigenvalue weighted by Crippen LogP contribution is 2.32. The summed E-state index contributed by atoms with van der Waals surface area (Å²) in [4.78, 5) is 8.93. The van der Waals surface area contributed by atoms with Crippen molar-refractivity contribution in [3.63, 3.8) is 0 Å². The minimum atomic E-state index is 0.261. The van der Waals surface area contributed by atoms with Gasteiger partial charge in [0.15, 0.2) is 11.5 Å². The zero-order chi connectivity index (χ0) is 17.4. The SMILES string of the molecule is Cc1cc(OCc2ccc3c(c2)OCO3)nc(-n2nc(C)cc2C)n1. The third-order valence-electron chi connectivity index (χ3n) is 3.84. The molecule has 3 heterocycles. The topological polar surface area (TPSA) is 71.3 Å². The van der Waals surface area contributed by atoms with E-state index in [1.165, 1.54) is 0 Å². The van der Waals surface area contributed by atoms with Crippen LogP contribution < -0.4 is 14.2 Å². The van der Waals surface area contributed by atoms with Crippen molar-refractivity contribution in [2.24, 2.45) is 0 Å². The summed E-state index contributed by atoms with van der Waals surface area (Å²) in [7, 11) is 0. The highest BCUT2D eigenvalue weighted by molar-refractivity contribution is 5.44. The van der Waals surface area contributed by atoms with Crippen molar-refractivity contribution in [2.45, 2.75) is 27.4 Å². The zero-order valence-corrected chi connectivity index (χ0v) is 14.3. The molecule has 7 heteroatoms. The van der Waals surface area contributed by atoms with Gasteiger partial charge < -0.3 is 14.2 Å². The minimum Gasteiger partial charge on any atom is -0.473 e. The molecule has 0 fully saturated rings. The molecule has 0 N–H and O–H groups in total. The lowest BCUT2D eigenvalue weighted by molar-refractivity contribution is 0.174. The second-order valence-corrected chi connectivity index (χ2v) is 5.96. The van der Waals surface area contributed by atoms with Gasteiger partial charge in [0, 0.05) is 17.5 Å². The zero-order valence-electron chi connectivity index (χ0n) is 14.3. The summed E-state index contributed by atoms with van der Waals surface area (Å²) in [5.74, 6) is 2.51. The monoisotopic (exact) mass is 338 g/mol. The molecule has 0 unspecified atom stereocenters. The molecule has 25 heavy (non-hydrogen) atoms. The molecular formula is C18H18N4O3. The average molecular weight is 338 g/mol. The van der Waals surface area contributed by atoms with E-state index in [4.69, 9.17) is 14.2 Å². The summed E-state index contributed by atoms with van der Waals surface area (Å²) in [5.41, 5.74) is 3.70. The number of benzene rings is 1. The molecule has 0 bridgehead atoms. The Kier molecular flexibility index (Phi) is 3.76. The maximum absolute atomic E-state index is 5.85. The van der Waals surface area contributed by atoms with Gasteiger partial charge in [-0.3, -0.25) is 0 Å². The molecule has 128 valence electrons. The van der Waals surface area contributed by atoms with Crippen LogP contribution in [0.2, 0.25) is 0 Å². The third-order valence-corrected chi connectivity index (χ3v) is 3.84. The molecule has 0 aliphatic carbocycles. The van der Waals surface area contributed by atoms with Gasteiger partial charge in [0.25, 0.3) is 5.95 Å². The second kappa shape index (κ2) is 6.08. The summed E-state index contributed by atoms with van der Waals surface area (Å²) in [6.07, 6.45) is 0. The van der Waals surface area contributed by atoms with Crippen molar-refractivity contribution in [1.29, 1.82) is 0 Å². The Labute approximate surface area is 145 Å². The summed E-state index contributed by atoms with van der Waals surface area (Å²) in [6.45, 7) is 6.46. The number of hydrogen-bond acceptors (Lipinski definition) is 6. The van der Waals surface area contributed by atoms with Crippen LogP contribution in [0.1, 0.15) is 22.6 Å². The van der Waals surface area contributed by atoms with Gasteiger partial charge in [-0.05, 0) is 44.5 Å². The van der Waals surface area contributed by atoms with Crippen molar-refractivity contribution >= 4 is 0 Å². The van der Waals surface area contributed by atoms with Crippen molar-refractivity contribution < 1.29 is 14.2 Å². The Balaban J connectivity index is 1.55. The van der Waals surface area contributed by atoms with Gasteiger partial charge in [0.1, 0.15) is 6.61 Å². The fourth-order valence-corrected chi connectivity index (χ4v) is 2.71. The van der Waals surface area contributed by atoms with Crippen LogP contribution in [0.3, 0.4) is 0 Å². The standard InChI is InChI=1S/C18H18N4O3/c1-11-7-17(20-18(19-11)22-13(3)6-12(2)21-22)23-9-14-4-5-15-16(8-14)25-10-24-15/h4-8H,9-10H2,1-3H3. The first kappa shape index (κ1) is 15.4. The fraction of sp³-hybridized carbons (Fsp3) is 0.278. The molecule has 0 atom stereocenters. The van der Waals surface area contributed by atoms with Crippen LogP contribution in [0.25, 0.3) is 5.95 Å². The molecule has 1 aliphatic rings. The van der Waals surface area contributed by atoms with Crippen molar-refractivity contribution in [1.82, 2.24) is 19.7 Å². The van der Waals surface area contributed by atoms with E-state index < -0.39 is 0 Å². The van der Waals surface area contributed by atoms with Gasteiger partial charge in [-0.15, -0.1) is 0 Å². The quantitative estimate of drug-likeness (QED) is 0.728. The minimum absolute atomic E-state index is 0.261. The van der Waals surface area contributed by atoms with Crippen molar-refractivity contribution in [2.75, 3.05) is 6.79 Å². The van der Waals surface area contributed by atoms with E-state index in [0.29, 0.717) is 18.4 Å². The van der Waals surface area contributed by atoms with Crippen molar-refractivity contribution in [3.8, 4) is 23.3 Å². The first-order valence-corrected chi connectivity index (χ1v) is 7.99. The second-order valence-electron chi connectivity index (χ2n) is 5.96. The summed E-state index contributed by atoms with van der Waals surface area (Å²) in [5, 5.41) is 4.43. The predicted molar refractivity (Wildman–Crippen MR) is 90.3 cm³/mol. The molecule has 0 saturated carbocycles. The lowest BCUT2D eigenvalue weighted by Gasteiger charge is -2.09. The van der Waals surface area contributed by atoms with E-state index in [-0.39, 0.29) is 6.79 Å². The van der Waals surface area contributed by atoms with Crippen LogP contribution in [0, 0.1) is 20.8 Å². The molecule has 0 radical (unpaired) electrons. The molecule has 4 rings (SSSR count). The third kappa shape index (κ3) is 3.13. The summed E-state index contributed by atoms with van der Waals surface area (Å²) >= 11 is 0. The Morgan fingerprint density at radius 1 is 1.00 bits per heavy atom. The van der Waals surface area contributed by atoms with Gasteiger partial charge in [-0.25, -0.2) is 9.67 Å². The van der Waals surface area contributed by atoms with E-state index in [0.717, 1.165) is 34.1 Å². The fourth-order valence-electron chi connectivity index (χ4n) is 2.71. The van der Waals surface area contributed by atoms with Crippen LogP contribution in [0.5, 0.6) is 17.4 Å². The number of ether oxygens (including phenoxy) is 3. The highest BCUT2D eigenvalue weighted by atomic mass is 16.7. The number of aryl methyl sites for hydroxylation is 3. The Morgan fingerprint density at radius 3 is 2.64 bits per heavy atom. The molecule has 0 spiro atoms. The molecule has 7 nitrogen and oxygen atoms in total. The number of hydrogen-bond donors (Lipinski definition) is 0. The molecule has 1 aromatic carbocycles. The van der Waals surface area contributed by atoms with Crippen LogP contribution >= 0.6 is 0 Å². The highest BCUT2D eigenvalue weighted by Gasteiger charge is 2.14. The van der Waals surface area contributed by atoms with E-state index in [1.807, 2.05) is 51.1 Å². The molecule has 3 aromatic rings. The first-order valence-electron chi connectivity index (χ1n) is 7.99. The Hall–Kier alpha value is -3.09. The normalized spacial score (nSPS) is 12.4. The molecular weight excluding hydrogens is 320 g/mol. The van der Waals surface area contributed by atoms with E-state index in [1.54, 1.807) is 4.68 Å². The summed E-state index contributed by atoms with van der Waals surface area (Å²) < 4.78 is 18.3. The maximum atomic E-state index is 5.85. The van der Waals surface area contributed by atoms with E-state index in [9.17, 15) is 0 Å². The van der Waals surface area contributed by atoms with Crippen LogP contribution in [0.15, 0.2) is 30.3 Å². The molecule has 1 aliphatic heterocycles. The average Bonchev–Trinajstić information content (AvgIpc) is 3.17. The lowest BCUT2D eigenvalue weighted by atomic mass is 10.2. The largest absolute Gasteiger partial charge is 0.473 e.